The number of rotatable bonds is 4. The van der Waals surface area contributed by atoms with E-state index >= 15 is 0 Å². The first-order valence-corrected chi connectivity index (χ1v) is 5.92. The van der Waals surface area contributed by atoms with Crippen molar-refractivity contribution in [1.82, 2.24) is 19.9 Å². The molecule has 0 radical (unpaired) electrons. The van der Waals surface area contributed by atoms with Crippen molar-refractivity contribution in [1.29, 1.82) is 0 Å². The molecule has 1 N–H and O–H groups in total. The highest BCUT2D eigenvalue weighted by molar-refractivity contribution is 5.51. The van der Waals surface area contributed by atoms with Crippen molar-refractivity contribution in [2.24, 2.45) is 7.05 Å². The number of nitrogens with zero attached hydrogens (tertiary/aromatic N) is 4. The summed E-state index contributed by atoms with van der Waals surface area (Å²) in [6.45, 7) is 0.497. The molecule has 1 aromatic carbocycles. The predicted octanol–water partition coefficient (Wildman–Crippen LogP) is 2.08. The summed E-state index contributed by atoms with van der Waals surface area (Å²) in [6.07, 6.45) is 3.55. The summed E-state index contributed by atoms with van der Waals surface area (Å²) in [5, 5.41) is 11.2. The van der Waals surface area contributed by atoms with Crippen LogP contribution in [0.5, 0.6) is 0 Å². The molecule has 0 saturated carbocycles. The third kappa shape index (κ3) is 2.62. The zero-order chi connectivity index (χ0) is 13.1. The van der Waals surface area contributed by atoms with Crippen LogP contribution in [0.1, 0.15) is 5.89 Å². The maximum absolute atomic E-state index is 5.19. The minimum atomic E-state index is 0.497. The van der Waals surface area contributed by atoms with Gasteiger partial charge in [0.15, 0.2) is 0 Å². The zero-order valence-electron chi connectivity index (χ0n) is 10.4. The summed E-state index contributed by atoms with van der Waals surface area (Å²) in [5.74, 6) is 1.10. The lowest BCUT2D eigenvalue weighted by molar-refractivity contribution is 0.384. The molecule has 0 fully saturated rings. The van der Waals surface area contributed by atoms with Crippen LogP contribution in [0.15, 0.2) is 47.2 Å². The quantitative estimate of drug-likeness (QED) is 0.773. The average Bonchev–Trinajstić information content (AvgIpc) is 3.06. The molecule has 0 amide bonds. The molecule has 0 bridgehead atoms. The van der Waals surface area contributed by atoms with Crippen LogP contribution >= 0.6 is 0 Å². The van der Waals surface area contributed by atoms with Gasteiger partial charge in [0, 0.05) is 18.9 Å². The molecule has 96 valence electrons. The second-order valence-corrected chi connectivity index (χ2v) is 4.13. The van der Waals surface area contributed by atoms with Crippen molar-refractivity contribution >= 4 is 5.69 Å². The first-order valence-electron chi connectivity index (χ1n) is 5.92. The van der Waals surface area contributed by atoms with Gasteiger partial charge in [-0.15, -0.1) is 0 Å². The summed E-state index contributed by atoms with van der Waals surface area (Å²) in [6, 6.07) is 9.88. The fourth-order valence-electron chi connectivity index (χ4n) is 1.71. The van der Waals surface area contributed by atoms with E-state index in [9.17, 15) is 0 Å². The van der Waals surface area contributed by atoms with E-state index in [1.54, 1.807) is 10.9 Å². The lowest BCUT2D eigenvalue weighted by atomic mass is 10.3. The van der Waals surface area contributed by atoms with Crippen molar-refractivity contribution in [2.75, 3.05) is 5.32 Å². The van der Waals surface area contributed by atoms with Gasteiger partial charge in [-0.05, 0) is 12.1 Å². The summed E-state index contributed by atoms with van der Waals surface area (Å²) < 4.78 is 6.89. The topological polar surface area (TPSA) is 68.8 Å². The molecule has 2 aromatic heterocycles. The Morgan fingerprint density at radius 3 is 2.84 bits per heavy atom. The van der Waals surface area contributed by atoms with Gasteiger partial charge in [-0.3, -0.25) is 4.68 Å². The average molecular weight is 255 g/mol. The Morgan fingerprint density at radius 2 is 2.11 bits per heavy atom. The molecular formula is C13H13N5O. The smallest absolute Gasteiger partial charge is 0.246 e. The highest BCUT2D eigenvalue weighted by Gasteiger charge is 2.09. The fourth-order valence-corrected chi connectivity index (χ4v) is 1.71. The minimum Gasteiger partial charge on any atom is -0.376 e. The summed E-state index contributed by atoms with van der Waals surface area (Å²) >= 11 is 0. The van der Waals surface area contributed by atoms with E-state index in [-0.39, 0.29) is 0 Å². The molecule has 0 saturated heterocycles. The summed E-state index contributed by atoms with van der Waals surface area (Å²) in [5.41, 5.74) is 1.86. The Morgan fingerprint density at radius 1 is 1.26 bits per heavy atom. The van der Waals surface area contributed by atoms with E-state index in [4.69, 9.17) is 4.52 Å². The van der Waals surface area contributed by atoms with Gasteiger partial charge in [-0.1, -0.05) is 23.4 Å². The number of aryl methyl sites for hydroxylation is 1. The predicted molar refractivity (Wildman–Crippen MR) is 70.3 cm³/mol. The van der Waals surface area contributed by atoms with Gasteiger partial charge in [0.25, 0.3) is 0 Å². The molecule has 6 heteroatoms. The molecular weight excluding hydrogens is 242 g/mol. The third-order valence-corrected chi connectivity index (χ3v) is 2.65. The van der Waals surface area contributed by atoms with Gasteiger partial charge in [0.05, 0.1) is 18.3 Å². The first kappa shape index (κ1) is 11.5. The third-order valence-electron chi connectivity index (χ3n) is 2.65. The lowest BCUT2D eigenvalue weighted by Crippen LogP contribution is -1.99. The maximum atomic E-state index is 5.19. The normalized spacial score (nSPS) is 10.6. The lowest BCUT2D eigenvalue weighted by Gasteiger charge is -2.01. The van der Waals surface area contributed by atoms with Gasteiger partial charge >= 0.3 is 0 Å². The maximum Gasteiger partial charge on any atom is 0.246 e. The Balaban J connectivity index is 1.68. The summed E-state index contributed by atoms with van der Waals surface area (Å²) in [7, 11) is 1.85. The summed E-state index contributed by atoms with van der Waals surface area (Å²) in [4.78, 5) is 4.32. The van der Waals surface area contributed by atoms with Crippen LogP contribution in [0.3, 0.4) is 0 Å². The van der Waals surface area contributed by atoms with E-state index in [0.29, 0.717) is 18.3 Å². The van der Waals surface area contributed by atoms with Crippen LogP contribution < -0.4 is 5.32 Å². The Hall–Kier alpha value is -2.63. The molecule has 6 nitrogen and oxygen atoms in total. The van der Waals surface area contributed by atoms with Crippen molar-refractivity contribution in [3.63, 3.8) is 0 Å². The van der Waals surface area contributed by atoms with Crippen LogP contribution in [-0.2, 0) is 13.6 Å². The van der Waals surface area contributed by atoms with Gasteiger partial charge < -0.3 is 9.84 Å². The minimum absolute atomic E-state index is 0.497. The zero-order valence-corrected chi connectivity index (χ0v) is 10.4. The van der Waals surface area contributed by atoms with E-state index in [2.05, 4.69) is 20.6 Å². The molecule has 0 atom stereocenters. The van der Waals surface area contributed by atoms with Crippen LogP contribution in [0.25, 0.3) is 11.4 Å². The largest absolute Gasteiger partial charge is 0.376 e. The molecule has 0 aliphatic heterocycles. The molecule has 0 unspecified atom stereocenters. The van der Waals surface area contributed by atoms with E-state index in [1.165, 1.54) is 0 Å². The van der Waals surface area contributed by atoms with E-state index < -0.39 is 0 Å². The Labute approximate surface area is 110 Å². The SMILES string of the molecule is Cn1cc(-c2noc(CNc3ccccc3)n2)cn1. The number of para-hydroxylation sites is 1. The molecule has 3 rings (SSSR count). The van der Waals surface area contributed by atoms with Crippen LogP contribution in [0.2, 0.25) is 0 Å². The number of hydrogen-bond donors (Lipinski definition) is 1. The highest BCUT2D eigenvalue weighted by Crippen LogP contribution is 2.15. The van der Waals surface area contributed by atoms with Crippen LogP contribution in [-0.4, -0.2) is 19.9 Å². The number of benzene rings is 1. The molecule has 0 aliphatic rings. The van der Waals surface area contributed by atoms with Gasteiger partial charge in [0.1, 0.15) is 0 Å². The number of aromatic nitrogens is 4. The Kier molecular flexibility index (Phi) is 2.97. The fraction of sp³-hybridized carbons (Fsp3) is 0.154. The monoisotopic (exact) mass is 255 g/mol. The second kappa shape index (κ2) is 4.93. The van der Waals surface area contributed by atoms with Gasteiger partial charge in [0.2, 0.25) is 11.7 Å². The molecule has 0 aliphatic carbocycles. The first-order chi connectivity index (χ1) is 9.31. The van der Waals surface area contributed by atoms with Crippen molar-refractivity contribution in [3.05, 3.63) is 48.6 Å². The van der Waals surface area contributed by atoms with Crippen LogP contribution in [0, 0.1) is 0 Å². The van der Waals surface area contributed by atoms with Crippen molar-refractivity contribution in [3.8, 4) is 11.4 Å². The Bertz CT molecular complexity index is 658. The van der Waals surface area contributed by atoms with Gasteiger partial charge in [-0.25, -0.2) is 0 Å². The number of hydrogen-bond acceptors (Lipinski definition) is 5. The van der Waals surface area contributed by atoms with E-state index in [1.807, 2.05) is 43.6 Å². The molecule has 3 aromatic rings. The molecule has 2 heterocycles. The van der Waals surface area contributed by atoms with Gasteiger partial charge in [-0.2, -0.15) is 10.1 Å². The molecule has 19 heavy (non-hydrogen) atoms. The number of nitrogens with one attached hydrogen (secondary N) is 1. The number of anilines is 1. The standard InChI is InChI=1S/C13H13N5O/c1-18-9-10(7-15-18)13-16-12(19-17-13)8-14-11-5-3-2-4-6-11/h2-7,9,14H,8H2,1H3. The second-order valence-electron chi connectivity index (χ2n) is 4.13. The molecule has 0 spiro atoms. The van der Waals surface area contributed by atoms with Crippen molar-refractivity contribution < 1.29 is 4.52 Å². The van der Waals surface area contributed by atoms with E-state index in [0.717, 1.165) is 11.3 Å². The van der Waals surface area contributed by atoms with Crippen molar-refractivity contribution in [2.45, 2.75) is 6.54 Å². The highest BCUT2D eigenvalue weighted by atomic mass is 16.5. The van der Waals surface area contributed by atoms with Crippen LogP contribution in [0.4, 0.5) is 5.69 Å².